The van der Waals surface area contributed by atoms with Crippen molar-refractivity contribution in [3.63, 3.8) is 0 Å². The first-order chi connectivity index (χ1) is 12.6. The number of aryl methyl sites for hydroxylation is 2. The Bertz CT molecular complexity index is 811. The maximum absolute atomic E-state index is 13.0. The molecule has 0 radical (unpaired) electrons. The molecule has 1 aromatic carbocycles. The molecule has 136 valence electrons. The van der Waals surface area contributed by atoms with Crippen LogP contribution >= 0.6 is 0 Å². The summed E-state index contributed by atoms with van der Waals surface area (Å²) in [6.07, 6.45) is 4.57. The molecular formula is C21H26N4O. The average Bonchev–Trinajstić information content (AvgIpc) is 2.69. The number of fused-ring (bicyclic) bond motifs is 1. The lowest BCUT2D eigenvalue weighted by Gasteiger charge is -2.36. The molecule has 1 saturated heterocycles. The molecule has 0 bridgehead atoms. The maximum Gasteiger partial charge on any atom is 0.226 e. The zero-order valence-corrected chi connectivity index (χ0v) is 15.6. The molecule has 0 unspecified atom stereocenters. The van der Waals surface area contributed by atoms with E-state index in [9.17, 15) is 4.79 Å². The predicted octanol–water partition coefficient (Wildman–Crippen LogP) is 2.89. The third kappa shape index (κ3) is 3.30. The smallest absolute Gasteiger partial charge is 0.226 e. The van der Waals surface area contributed by atoms with Crippen LogP contribution in [0.15, 0.2) is 30.5 Å². The lowest BCUT2D eigenvalue weighted by molar-refractivity contribution is -0.137. The summed E-state index contributed by atoms with van der Waals surface area (Å²) in [5, 5.41) is 0. The zero-order chi connectivity index (χ0) is 18.1. The number of nitrogens with zero attached hydrogens (tertiary/aromatic N) is 4. The van der Waals surface area contributed by atoms with Crippen molar-refractivity contribution in [2.24, 2.45) is 5.92 Å². The van der Waals surface area contributed by atoms with Crippen molar-refractivity contribution in [1.82, 2.24) is 14.9 Å². The predicted molar refractivity (Wildman–Crippen MR) is 102 cm³/mol. The van der Waals surface area contributed by atoms with Crippen LogP contribution in [0.4, 0.5) is 5.82 Å². The van der Waals surface area contributed by atoms with E-state index >= 15 is 0 Å². The van der Waals surface area contributed by atoms with Gasteiger partial charge < -0.3 is 9.80 Å². The van der Waals surface area contributed by atoms with Gasteiger partial charge in [-0.15, -0.1) is 0 Å². The number of carbonyl (C=O) groups excluding carboxylic acids is 1. The first kappa shape index (κ1) is 17.0. The Hall–Kier alpha value is -2.43. The van der Waals surface area contributed by atoms with Crippen LogP contribution in [0.3, 0.4) is 0 Å². The van der Waals surface area contributed by atoms with Crippen molar-refractivity contribution in [2.45, 2.75) is 39.7 Å². The Morgan fingerprint density at radius 3 is 2.58 bits per heavy atom. The van der Waals surface area contributed by atoms with Gasteiger partial charge in [0, 0.05) is 38.3 Å². The fourth-order valence-electron chi connectivity index (χ4n) is 4.10. The second-order valence-electron chi connectivity index (χ2n) is 7.46. The number of aromatic nitrogens is 2. The van der Waals surface area contributed by atoms with E-state index in [0.29, 0.717) is 5.91 Å². The van der Waals surface area contributed by atoms with E-state index in [1.165, 1.54) is 11.1 Å². The molecular weight excluding hydrogens is 324 g/mol. The minimum Gasteiger partial charge on any atom is -0.355 e. The maximum atomic E-state index is 13.0. The standard InChI is InChI=1S/C21H26N4O/c1-15-13-22-16(2)20(23-15)24-10-8-18(9-11-24)21(26)25-12-7-17-5-3-4-6-19(17)14-25/h3-6,13,18H,7-12,14H2,1-2H3. The highest BCUT2D eigenvalue weighted by molar-refractivity contribution is 5.79. The molecule has 1 amide bonds. The topological polar surface area (TPSA) is 49.3 Å². The van der Waals surface area contributed by atoms with Gasteiger partial charge in [0.2, 0.25) is 5.91 Å². The van der Waals surface area contributed by atoms with Crippen molar-refractivity contribution in [1.29, 1.82) is 0 Å². The van der Waals surface area contributed by atoms with Crippen LogP contribution in [0.25, 0.3) is 0 Å². The molecule has 0 N–H and O–H groups in total. The normalized spacial score (nSPS) is 17.9. The molecule has 26 heavy (non-hydrogen) atoms. The van der Waals surface area contributed by atoms with E-state index in [4.69, 9.17) is 0 Å². The molecule has 5 nitrogen and oxygen atoms in total. The van der Waals surface area contributed by atoms with E-state index in [0.717, 1.165) is 62.6 Å². The molecule has 0 saturated carbocycles. The summed E-state index contributed by atoms with van der Waals surface area (Å²) in [6, 6.07) is 8.48. The SMILES string of the molecule is Cc1cnc(C)c(N2CCC(C(=O)N3CCc4ccccc4C3)CC2)n1. The van der Waals surface area contributed by atoms with Crippen molar-refractivity contribution in [3.05, 3.63) is 53.0 Å². The summed E-state index contributed by atoms with van der Waals surface area (Å²) in [7, 11) is 0. The van der Waals surface area contributed by atoms with Crippen molar-refractivity contribution >= 4 is 11.7 Å². The quantitative estimate of drug-likeness (QED) is 0.836. The molecule has 2 aliphatic rings. The number of carbonyl (C=O) groups is 1. The van der Waals surface area contributed by atoms with Crippen LogP contribution in [-0.4, -0.2) is 40.4 Å². The summed E-state index contributed by atoms with van der Waals surface area (Å²) in [4.78, 5) is 26.4. The number of benzene rings is 1. The molecule has 3 heterocycles. The van der Waals surface area contributed by atoms with E-state index in [-0.39, 0.29) is 5.92 Å². The number of amides is 1. The van der Waals surface area contributed by atoms with Crippen LogP contribution in [0.5, 0.6) is 0 Å². The largest absolute Gasteiger partial charge is 0.355 e. The van der Waals surface area contributed by atoms with Gasteiger partial charge in [-0.05, 0) is 44.2 Å². The van der Waals surface area contributed by atoms with E-state index in [1.54, 1.807) is 0 Å². The molecule has 2 aromatic rings. The summed E-state index contributed by atoms with van der Waals surface area (Å²) < 4.78 is 0. The lowest BCUT2D eigenvalue weighted by Crippen LogP contribution is -2.44. The first-order valence-corrected chi connectivity index (χ1v) is 9.52. The van der Waals surface area contributed by atoms with Gasteiger partial charge in [0.15, 0.2) is 0 Å². The Balaban J connectivity index is 1.39. The van der Waals surface area contributed by atoms with E-state index in [2.05, 4.69) is 44.0 Å². The van der Waals surface area contributed by atoms with Gasteiger partial charge in [-0.1, -0.05) is 24.3 Å². The van der Waals surface area contributed by atoms with Crippen LogP contribution in [0.1, 0.15) is 35.4 Å². The van der Waals surface area contributed by atoms with Crippen molar-refractivity contribution < 1.29 is 4.79 Å². The van der Waals surface area contributed by atoms with Crippen LogP contribution in [0.2, 0.25) is 0 Å². The average molecular weight is 350 g/mol. The Kier molecular flexibility index (Phi) is 4.62. The van der Waals surface area contributed by atoms with E-state index in [1.807, 2.05) is 20.0 Å². The fraction of sp³-hybridized carbons (Fsp3) is 0.476. The molecule has 2 aliphatic heterocycles. The fourth-order valence-corrected chi connectivity index (χ4v) is 4.10. The number of anilines is 1. The van der Waals surface area contributed by atoms with Gasteiger partial charge in [0.1, 0.15) is 5.82 Å². The third-order valence-corrected chi connectivity index (χ3v) is 5.64. The monoisotopic (exact) mass is 350 g/mol. The Morgan fingerprint density at radius 1 is 1.08 bits per heavy atom. The first-order valence-electron chi connectivity index (χ1n) is 9.52. The second kappa shape index (κ2) is 7.06. The van der Waals surface area contributed by atoms with Gasteiger partial charge in [0.25, 0.3) is 0 Å². The molecule has 0 aliphatic carbocycles. The molecule has 1 aromatic heterocycles. The van der Waals surface area contributed by atoms with Gasteiger partial charge in [-0.3, -0.25) is 9.78 Å². The highest BCUT2D eigenvalue weighted by Gasteiger charge is 2.31. The molecule has 5 heteroatoms. The number of rotatable bonds is 2. The summed E-state index contributed by atoms with van der Waals surface area (Å²) >= 11 is 0. The van der Waals surface area contributed by atoms with Gasteiger partial charge in [0.05, 0.1) is 11.4 Å². The van der Waals surface area contributed by atoms with Gasteiger partial charge in [-0.2, -0.15) is 0 Å². The van der Waals surface area contributed by atoms with Gasteiger partial charge >= 0.3 is 0 Å². The minimum atomic E-state index is 0.134. The zero-order valence-electron chi connectivity index (χ0n) is 15.6. The number of hydrogen-bond donors (Lipinski definition) is 0. The number of hydrogen-bond acceptors (Lipinski definition) is 4. The third-order valence-electron chi connectivity index (χ3n) is 5.64. The number of piperidine rings is 1. The van der Waals surface area contributed by atoms with Crippen LogP contribution in [-0.2, 0) is 17.8 Å². The van der Waals surface area contributed by atoms with Crippen LogP contribution in [0, 0.1) is 19.8 Å². The molecule has 0 atom stereocenters. The van der Waals surface area contributed by atoms with Crippen molar-refractivity contribution in [2.75, 3.05) is 24.5 Å². The highest BCUT2D eigenvalue weighted by Crippen LogP contribution is 2.27. The summed E-state index contributed by atoms with van der Waals surface area (Å²) in [5.41, 5.74) is 4.60. The summed E-state index contributed by atoms with van der Waals surface area (Å²) in [5.74, 6) is 1.43. The van der Waals surface area contributed by atoms with Crippen molar-refractivity contribution in [3.8, 4) is 0 Å². The Morgan fingerprint density at radius 2 is 1.81 bits per heavy atom. The lowest BCUT2D eigenvalue weighted by atomic mass is 9.93. The van der Waals surface area contributed by atoms with Crippen LogP contribution < -0.4 is 4.90 Å². The molecule has 1 fully saturated rings. The molecule has 4 rings (SSSR count). The Labute approximate surface area is 155 Å². The summed E-state index contributed by atoms with van der Waals surface area (Å²) in [6.45, 7) is 7.33. The molecule has 0 spiro atoms. The minimum absolute atomic E-state index is 0.134. The highest BCUT2D eigenvalue weighted by atomic mass is 16.2. The van der Waals surface area contributed by atoms with E-state index < -0.39 is 0 Å². The second-order valence-corrected chi connectivity index (χ2v) is 7.46. The van der Waals surface area contributed by atoms with Gasteiger partial charge in [-0.25, -0.2) is 4.98 Å².